The van der Waals surface area contributed by atoms with Gasteiger partial charge in [-0.05, 0) is 19.8 Å². The van der Waals surface area contributed by atoms with Crippen LogP contribution in [0.5, 0.6) is 0 Å². The predicted molar refractivity (Wildman–Crippen MR) is 71.1 cm³/mol. The largest absolute Gasteiger partial charge is 0.394 e. The highest BCUT2D eigenvalue weighted by atomic mass is 16.1. The zero-order chi connectivity index (χ0) is 13.8. The van der Waals surface area contributed by atoms with Crippen LogP contribution in [0.25, 0.3) is 0 Å². The molecule has 0 aliphatic rings. The lowest BCUT2D eigenvalue weighted by Gasteiger charge is -1.99. The first-order chi connectivity index (χ1) is 7.90. The Morgan fingerprint density at radius 3 is 1.76 bits per heavy atom. The maximum atomic E-state index is 10.4. The second kappa shape index (κ2) is 10.7. The molecule has 0 saturated heterocycles. The standard InChI is InChI=1S/C7H12N2.C6H11NO/c1-6(2)7(4-8)5-9-3;1-5(4-7-3)6(2)8/h5-6,9H,1-3H3;4,7H,1-3H3/b7-5-;5-4-. The second-order valence-electron chi connectivity index (χ2n) is 3.83. The molecule has 0 heterocycles. The molecule has 2 N–H and O–H groups in total. The Labute approximate surface area is 104 Å². The average molecular weight is 237 g/mol. The number of allylic oxidation sites excluding steroid dienone is 2. The quantitative estimate of drug-likeness (QED) is 0.579. The van der Waals surface area contributed by atoms with Crippen molar-refractivity contribution in [1.29, 1.82) is 5.26 Å². The summed E-state index contributed by atoms with van der Waals surface area (Å²) in [5.74, 6) is 0.432. The van der Waals surface area contributed by atoms with E-state index in [2.05, 4.69) is 16.7 Å². The molecule has 4 nitrogen and oxygen atoms in total. The molecule has 4 heteroatoms. The third kappa shape index (κ3) is 10.5. The zero-order valence-corrected chi connectivity index (χ0v) is 11.6. The summed E-state index contributed by atoms with van der Waals surface area (Å²) in [6.45, 7) is 7.31. The molecule has 0 amide bonds. The summed E-state index contributed by atoms with van der Waals surface area (Å²) in [6, 6.07) is 2.10. The van der Waals surface area contributed by atoms with Crippen molar-refractivity contribution in [3.63, 3.8) is 0 Å². The Bertz CT molecular complexity index is 322. The number of hydrogen-bond donors (Lipinski definition) is 2. The van der Waals surface area contributed by atoms with Gasteiger partial charge in [0.2, 0.25) is 0 Å². The molecule has 0 aromatic carbocycles. The molecular weight excluding hydrogens is 214 g/mol. The number of carbonyl (C=O) groups is 1. The number of ketones is 1. The van der Waals surface area contributed by atoms with Gasteiger partial charge in [0.25, 0.3) is 0 Å². The summed E-state index contributed by atoms with van der Waals surface area (Å²) in [6.07, 6.45) is 3.41. The van der Waals surface area contributed by atoms with Gasteiger partial charge in [0.05, 0.1) is 6.07 Å². The van der Waals surface area contributed by atoms with Crippen LogP contribution in [0, 0.1) is 17.2 Å². The fourth-order valence-electron chi connectivity index (χ4n) is 0.802. The Kier molecular flexibility index (Phi) is 11.1. The van der Waals surface area contributed by atoms with E-state index in [1.54, 1.807) is 40.3 Å². The summed E-state index contributed by atoms with van der Waals surface area (Å²) in [7, 11) is 3.56. The molecule has 96 valence electrons. The Hall–Kier alpha value is -1.76. The van der Waals surface area contributed by atoms with Gasteiger partial charge in [-0.15, -0.1) is 0 Å². The first-order valence-electron chi connectivity index (χ1n) is 5.53. The van der Waals surface area contributed by atoms with Crippen molar-refractivity contribution < 1.29 is 4.79 Å². The van der Waals surface area contributed by atoms with Crippen molar-refractivity contribution in [2.75, 3.05) is 14.1 Å². The van der Waals surface area contributed by atoms with Crippen LogP contribution in [0.4, 0.5) is 0 Å². The fourth-order valence-corrected chi connectivity index (χ4v) is 0.802. The molecule has 0 aliphatic carbocycles. The summed E-state index contributed by atoms with van der Waals surface area (Å²) in [4.78, 5) is 10.4. The lowest BCUT2D eigenvalue weighted by molar-refractivity contribution is -0.113. The van der Waals surface area contributed by atoms with Gasteiger partial charge in [-0.25, -0.2) is 0 Å². The van der Waals surface area contributed by atoms with Crippen LogP contribution in [0.15, 0.2) is 23.5 Å². The summed E-state index contributed by atoms with van der Waals surface area (Å²) in [5, 5.41) is 14.1. The molecular formula is C13H23N3O. The molecule has 0 radical (unpaired) electrons. The van der Waals surface area contributed by atoms with E-state index in [1.165, 1.54) is 0 Å². The topological polar surface area (TPSA) is 64.9 Å². The van der Waals surface area contributed by atoms with E-state index in [-0.39, 0.29) is 5.78 Å². The van der Waals surface area contributed by atoms with Crippen LogP contribution in [0.1, 0.15) is 27.7 Å². The normalized spacial score (nSPS) is 11.2. The van der Waals surface area contributed by atoms with Crippen LogP contribution in [0.3, 0.4) is 0 Å². The highest BCUT2D eigenvalue weighted by Crippen LogP contribution is 2.05. The molecule has 0 bridgehead atoms. The number of hydrogen-bond acceptors (Lipinski definition) is 4. The summed E-state index contributed by atoms with van der Waals surface area (Å²) in [5.41, 5.74) is 1.55. The summed E-state index contributed by atoms with van der Waals surface area (Å²) >= 11 is 0. The lowest BCUT2D eigenvalue weighted by Crippen LogP contribution is -1.99. The van der Waals surface area contributed by atoms with Crippen molar-refractivity contribution in [1.82, 2.24) is 10.6 Å². The van der Waals surface area contributed by atoms with Crippen molar-refractivity contribution >= 4 is 5.78 Å². The Morgan fingerprint density at radius 2 is 1.65 bits per heavy atom. The average Bonchev–Trinajstić information content (AvgIpc) is 2.26. The monoisotopic (exact) mass is 237 g/mol. The molecule has 0 aliphatic heterocycles. The van der Waals surface area contributed by atoms with Gasteiger partial charge >= 0.3 is 0 Å². The number of nitriles is 1. The SMILES string of the molecule is CN/C=C(/C#N)C(C)C.CN/C=C(/C)C(C)=O. The van der Waals surface area contributed by atoms with Crippen molar-refractivity contribution in [2.24, 2.45) is 5.92 Å². The third-order valence-corrected chi connectivity index (χ3v) is 1.97. The van der Waals surface area contributed by atoms with E-state index in [1.807, 2.05) is 13.8 Å². The maximum Gasteiger partial charge on any atom is 0.156 e. The molecule has 0 atom stereocenters. The molecule has 0 fully saturated rings. The molecule has 0 rings (SSSR count). The first-order valence-corrected chi connectivity index (χ1v) is 5.53. The number of Topliss-reactive ketones (excluding diaryl/α,β-unsaturated/α-hetero) is 1. The van der Waals surface area contributed by atoms with Crippen LogP contribution in [0.2, 0.25) is 0 Å². The number of nitrogens with zero attached hydrogens (tertiary/aromatic N) is 1. The van der Waals surface area contributed by atoms with E-state index in [0.29, 0.717) is 5.92 Å². The van der Waals surface area contributed by atoms with Gasteiger partial charge in [-0.3, -0.25) is 4.79 Å². The first kappa shape index (κ1) is 17.6. The van der Waals surface area contributed by atoms with E-state index >= 15 is 0 Å². The number of rotatable bonds is 4. The molecule has 0 saturated carbocycles. The van der Waals surface area contributed by atoms with Crippen molar-refractivity contribution in [3.05, 3.63) is 23.5 Å². The summed E-state index contributed by atoms with van der Waals surface area (Å²) < 4.78 is 0. The third-order valence-electron chi connectivity index (χ3n) is 1.97. The maximum absolute atomic E-state index is 10.4. The minimum atomic E-state index is 0.111. The number of carbonyl (C=O) groups excluding carboxylic acids is 1. The van der Waals surface area contributed by atoms with Gasteiger partial charge in [-0.2, -0.15) is 5.26 Å². The Morgan fingerprint density at radius 1 is 1.18 bits per heavy atom. The van der Waals surface area contributed by atoms with Gasteiger partial charge in [0.15, 0.2) is 5.78 Å². The van der Waals surface area contributed by atoms with Crippen LogP contribution in [-0.4, -0.2) is 19.9 Å². The fraction of sp³-hybridized carbons (Fsp3) is 0.538. The van der Waals surface area contributed by atoms with Crippen molar-refractivity contribution in [3.8, 4) is 6.07 Å². The van der Waals surface area contributed by atoms with E-state index in [4.69, 9.17) is 5.26 Å². The van der Waals surface area contributed by atoms with Crippen LogP contribution >= 0.6 is 0 Å². The molecule has 17 heavy (non-hydrogen) atoms. The lowest BCUT2D eigenvalue weighted by atomic mass is 10.1. The van der Waals surface area contributed by atoms with E-state index in [0.717, 1.165) is 11.1 Å². The smallest absolute Gasteiger partial charge is 0.156 e. The van der Waals surface area contributed by atoms with E-state index in [9.17, 15) is 4.79 Å². The van der Waals surface area contributed by atoms with Gasteiger partial charge in [-0.1, -0.05) is 13.8 Å². The highest BCUT2D eigenvalue weighted by Gasteiger charge is 1.98. The number of nitrogens with one attached hydrogen (secondary N) is 2. The predicted octanol–water partition coefficient (Wildman–Crippen LogP) is 1.97. The minimum Gasteiger partial charge on any atom is -0.394 e. The van der Waals surface area contributed by atoms with Crippen LogP contribution < -0.4 is 10.6 Å². The second-order valence-corrected chi connectivity index (χ2v) is 3.83. The van der Waals surface area contributed by atoms with E-state index < -0.39 is 0 Å². The van der Waals surface area contributed by atoms with Gasteiger partial charge < -0.3 is 10.6 Å². The van der Waals surface area contributed by atoms with Gasteiger partial charge in [0, 0.05) is 37.6 Å². The van der Waals surface area contributed by atoms with Crippen molar-refractivity contribution in [2.45, 2.75) is 27.7 Å². The molecule has 0 aromatic rings. The molecule has 0 unspecified atom stereocenters. The molecule has 0 spiro atoms. The molecule has 0 aromatic heterocycles. The Balaban J connectivity index is 0. The minimum absolute atomic E-state index is 0.111. The van der Waals surface area contributed by atoms with Gasteiger partial charge in [0.1, 0.15) is 0 Å². The highest BCUT2D eigenvalue weighted by molar-refractivity contribution is 5.92. The van der Waals surface area contributed by atoms with Crippen LogP contribution in [-0.2, 0) is 4.79 Å². The zero-order valence-electron chi connectivity index (χ0n) is 11.6.